The molecular weight excluding hydrogens is 311 g/mol. The number of nitrogens with zero attached hydrogens (tertiary/aromatic N) is 1. The number of carbonyl (C=O) groups is 1. The van der Waals surface area contributed by atoms with E-state index in [0.717, 1.165) is 5.56 Å². The van der Waals surface area contributed by atoms with Crippen molar-refractivity contribution in [2.45, 2.75) is 38.8 Å². The van der Waals surface area contributed by atoms with Gasteiger partial charge in [0.2, 0.25) is 0 Å². The molecule has 8 nitrogen and oxygen atoms in total. The molecular formula is C13H21N2O6P. The Bertz CT molecular complexity index is 525. The van der Waals surface area contributed by atoms with E-state index in [-0.39, 0.29) is 6.61 Å². The molecule has 9 heteroatoms. The summed E-state index contributed by atoms with van der Waals surface area (Å²) in [4.78, 5) is 33.3. The van der Waals surface area contributed by atoms with Crippen LogP contribution in [0.1, 0.15) is 26.3 Å². The molecule has 3 N–H and O–H groups in total. The molecule has 0 aromatic carbocycles. The van der Waals surface area contributed by atoms with Crippen molar-refractivity contribution in [3.8, 4) is 0 Å². The van der Waals surface area contributed by atoms with Gasteiger partial charge in [-0.05, 0) is 38.8 Å². The lowest BCUT2D eigenvalue weighted by Gasteiger charge is -2.23. The highest BCUT2D eigenvalue weighted by Crippen LogP contribution is 2.35. The van der Waals surface area contributed by atoms with Crippen molar-refractivity contribution in [2.75, 3.05) is 6.61 Å². The van der Waals surface area contributed by atoms with Gasteiger partial charge in [-0.1, -0.05) is 6.07 Å². The van der Waals surface area contributed by atoms with Gasteiger partial charge in [0.15, 0.2) is 0 Å². The molecule has 124 valence electrons. The van der Waals surface area contributed by atoms with Gasteiger partial charge in [-0.25, -0.2) is 9.36 Å². The van der Waals surface area contributed by atoms with Gasteiger partial charge in [0.1, 0.15) is 5.60 Å². The molecule has 1 amide bonds. The molecule has 1 rings (SSSR count). The van der Waals surface area contributed by atoms with Crippen LogP contribution in [0.15, 0.2) is 24.5 Å². The number of nitrogens with one attached hydrogen (secondary N) is 1. The minimum absolute atomic E-state index is 0.299. The standard InChI is InChI=1S/C13H21N2O6P/c1-13(2,3)21-12(16)15-11(9-20-22(17,18)19)7-10-5-4-6-14-8-10/h4-6,8,11H,7,9H2,1-3H3,(H,15,16)(H2,17,18,19)/t11-/m1/s1. The average Bonchev–Trinajstić information content (AvgIpc) is 2.34. The Kier molecular flexibility index (Phi) is 6.49. The molecule has 1 atom stereocenters. The van der Waals surface area contributed by atoms with Crippen LogP contribution in [-0.2, 0) is 20.2 Å². The summed E-state index contributed by atoms with van der Waals surface area (Å²) >= 11 is 0. The molecule has 1 aromatic rings. The van der Waals surface area contributed by atoms with Crippen LogP contribution in [0, 0.1) is 0 Å². The van der Waals surface area contributed by atoms with E-state index in [1.165, 1.54) is 0 Å². The van der Waals surface area contributed by atoms with E-state index in [2.05, 4.69) is 14.8 Å². The molecule has 0 bridgehead atoms. The fourth-order valence-corrected chi connectivity index (χ4v) is 1.99. The van der Waals surface area contributed by atoms with E-state index < -0.39 is 25.6 Å². The zero-order chi connectivity index (χ0) is 16.8. The van der Waals surface area contributed by atoms with E-state index in [0.29, 0.717) is 6.42 Å². The summed E-state index contributed by atoms with van der Waals surface area (Å²) < 4.78 is 20.4. The smallest absolute Gasteiger partial charge is 0.444 e. The summed E-state index contributed by atoms with van der Waals surface area (Å²) in [7, 11) is -4.62. The molecule has 1 heterocycles. The molecule has 0 aliphatic heterocycles. The lowest BCUT2D eigenvalue weighted by Crippen LogP contribution is -2.42. The van der Waals surface area contributed by atoms with Crippen LogP contribution >= 0.6 is 7.82 Å². The molecule has 0 aliphatic rings. The van der Waals surface area contributed by atoms with Crippen LogP contribution < -0.4 is 5.32 Å². The SMILES string of the molecule is CC(C)(C)OC(=O)N[C@@H](COP(=O)(O)O)Cc1cccnc1. The lowest BCUT2D eigenvalue weighted by molar-refractivity contribution is 0.0479. The monoisotopic (exact) mass is 332 g/mol. The highest BCUT2D eigenvalue weighted by Gasteiger charge is 2.23. The van der Waals surface area contributed by atoms with Gasteiger partial charge in [0.05, 0.1) is 12.6 Å². The number of alkyl carbamates (subject to hydrolysis) is 1. The number of rotatable bonds is 6. The molecule has 0 saturated heterocycles. The number of ether oxygens (including phenoxy) is 1. The summed E-state index contributed by atoms with van der Waals surface area (Å²) in [6, 6.07) is 2.85. The molecule has 0 spiro atoms. The van der Waals surface area contributed by atoms with Crippen molar-refractivity contribution in [3.05, 3.63) is 30.1 Å². The Morgan fingerprint density at radius 3 is 2.64 bits per heavy atom. The second-order valence-electron chi connectivity index (χ2n) is 5.69. The van der Waals surface area contributed by atoms with Crippen LogP contribution in [0.2, 0.25) is 0 Å². The molecule has 0 saturated carbocycles. The fourth-order valence-electron chi connectivity index (χ4n) is 1.62. The highest BCUT2D eigenvalue weighted by atomic mass is 31.2. The predicted molar refractivity (Wildman–Crippen MR) is 79.1 cm³/mol. The Hall–Kier alpha value is -1.47. The third kappa shape index (κ3) is 8.74. The van der Waals surface area contributed by atoms with Gasteiger partial charge in [0, 0.05) is 12.4 Å². The van der Waals surface area contributed by atoms with Gasteiger partial charge in [0.25, 0.3) is 0 Å². The zero-order valence-electron chi connectivity index (χ0n) is 12.7. The predicted octanol–water partition coefficient (Wildman–Crippen LogP) is 1.63. The average molecular weight is 332 g/mol. The van der Waals surface area contributed by atoms with E-state index in [1.807, 2.05) is 0 Å². The van der Waals surface area contributed by atoms with Crippen molar-refractivity contribution in [1.82, 2.24) is 10.3 Å². The first kappa shape index (κ1) is 18.6. The number of pyridine rings is 1. The molecule has 1 aromatic heterocycles. The second kappa shape index (κ2) is 7.69. The van der Waals surface area contributed by atoms with Crippen LogP contribution in [0.25, 0.3) is 0 Å². The molecule has 22 heavy (non-hydrogen) atoms. The van der Waals surface area contributed by atoms with Crippen LogP contribution in [0.5, 0.6) is 0 Å². The van der Waals surface area contributed by atoms with Gasteiger partial charge in [-0.3, -0.25) is 9.51 Å². The van der Waals surface area contributed by atoms with Crippen molar-refractivity contribution < 1.29 is 28.4 Å². The number of phosphoric acid groups is 1. The number of carbonyl (C=O) groups excluding carboxylic acids is 1. The Labute approximate surface area is 129 Å². The number of hydrogen-bond donors (Lipinski definition) is 3. The van der Waals surface area contributed by atoms with Crippen LogP contribution in [0.4, 0.5) is 4.79 Å². The third-order valence-electron chi connectivity index (χ3n) is 2.37. The molecule has 0 radical (unpaired) electrons. The fraction of sp³-hybridized carbons (Fsp3) is 0.538. The summed E-state index contributed by atoms with van der Waals surface area (Å²) in [5.74, 6) is 0. The van der Waals surface area contributed by atoms with Crippen molar-refractivity contribution in [2.24, 2.45) is 0 Å². The first-order valence-electron chi connectivity index (χ1n) is 6.64. The minimum atomic E-state index is -4.62. The zero-order valence-corrected chi connectivity index (χ0v) is 13.6. The Morgan fingerprint density at radius 1 is 1.45 bits per heavy atom. The molecule has 0 aliphatic carbocycles. The lowest BCUT2D eigenvalue weighted by atomic mass is 10.1. The van der Waals surface area contributed by atoms with Crippen molar-refractivity contribution >= 4 is 13.9 Å². The Morgan fingerprint density at radius 2 is 2.14 bits per heavy atom. The largest absolute Gasteiger partial charge is 0.469 e. The van der Waals surface area contributed by atoms with E-state index >= 15 is 0 Å². The summed E-state index contributed by atoms with van der Waals surface area (Å²) in [5, 5.41) is 2.54. The van der Waals surface area contributed by atoms with Gasteiger partial charge in [-0.15, -0.1) is 0 Å². The van der Waals surface area contributed by atoms with Gasteiger partial charge in [-0.2, -0.15) is 0 Å². The Balaban J connectivity index is 2.69. The maximum absolute atomic E-state index is 11.8. The first-order chi connectivity index (χ1) is 10.1. The van der Waals surface area contributed by atoms with E-state index in [1.54, 1.807) is 45.3 Å². The van der Waals surface area contributed by atoms with Crippen LogP contribution in [-0.4, -0.2) is 39.1 Å². The van der Waals surface area contributed by atoms with Crippen molar-refractivity contribution in [3.63, 3.8) is 0 Å². The quantitative estimate of drug-likeness (QED) is 0.677. The number of hydrogen-bond acceptors (Lipinski definition) is 5. The number of aromatic nitrogens is 1. The van der Waals surface area contributed by atoms with E-state index in [9.17, 15) is 9.36 Å². The minimum Gasteiger partial charge on any atom is -0.444 e. The number of phosphoric ester groups is 1. The third-order valence-corrected chi connectivity index (χ3v) is 2.86. The van der Waals surface area contributed by atoms with Gasteiger partial charge < -0.3 is 19.8 Å². The summed E-state index contributed by atoms with van der Waals surface area (Å²) in [5.41, 5.74) is 0.116. The summed E-state index contributed by atoms with van der Waals surface area (Å²) in [6.45, 7) is 4.80. The second-order valence-corrected chi connectivity index (χ2v) is 6.93. The summed E-state index contributed by atoms with van der Waals surface area (Å²) in [6.07, 6.45) is 2.82. The maximum atomic E-state index is 11.8. The first-order valence-corrected chi connectivity index (χ1v) is 8.17. The number of amides is 1. The molecule has 0 unspecified atom stereocenters. The maximum Gasteiger partial charge on any atom is 0.469 e. The van der Waals surface area contributed by atoms with E-state index in [4.69, 9.17) is 14.5 Å². The normalized spacial score (nSPS) is 13.5. The highest BCUT2D eigenvalue weighted by molar-refractivity contribution is 7.46. The topological polar surface area (TPSA) is 118 Å². The van der Waals surface area contributed by atoms with Gasteiger partial charge >= 0.3 is 13.9 Å². The molecule has 0 fully saturated rings. The van der Waals surface area contributed by atoms with Crippen LogP contribution in [0.3, 0.4) is 0 Å². The van der Waals surface area contributed by atoms with Crippen molar-refractivity contribution in [1.29, 1.82) is 0 Å².